The zero-order valence-corrected chi connectivity index (χ0v) is 14.4. The van der Waals surface area contributed by atoms with E-state index in [-0.39, 0.29) is 5.91 Å². The first kappa shape index (κ1) is 17.7. The maximum absolute atomic E-state index is 12.8. The van der Waals surface area contributed by atoms with Crippen LogP contribution in [0.3, 0.4) is 0 Å². The van der Waals surface area contributed by atoms with E-state index in [1.165, 1.54) is 0 Å². The monoisotopic (exact) mass is 325 g/mol. The van der Waals surface area contributed by atoms with Gasteiger partial charge >= 0.3 is 5.97 Å². The summed E-state index contributed by atoms with van der Waals surface area (Å²) in [6.45, 7) is 6.45. The van der Waals surface area contributed by atoms with Gasteiger partial charge in [0.2, 0.25) is 5.91 Å². The summed E-state index contributed by atoms with van der Waals surface area (Å²) in [6, 6.07) is 14.9. The van der Waals surface area contributed by atoms with E-state index in [2.05, 4.69) is 0 Å². The van der Waals surface area contributed by atoms with E-state index in [4.69, 9.17) is 4.74 Å². The maximum atomic E-state index is 12.8. The fourth-order valence-corrected chi connectivity index (χ4v) is 2.64. The van der Waals surface area contributed by atoms with Crippen molar-refractivity contribution in [1.82, 2.24) is 0 Å². The smallest absolute Gasteiger partial charge is 0.340 e. The second kappa shape index (κ2) is 8.29. The number of hydrogen-bond acceptors (Lipinski definition) is 3. The molecule has 0 saturated heterocycles. The molecule has 0 radical (unpaired) electrons. The van der Waals surface area contributed by atoms with Gasteiger partial charge in [-0.05, 0) is 44.0 Å². The van der Waals surface area contributed by atoms with E-state index < -0.39 is 5.97 Å². The Morgan fingerprint density at radius 3 is 2.33 bits per heavy atom. The summed E-state index contributed by atoms with van der Waals surface area (Å²) in [6.07, 6.45) is 0.303. The highest BCUT2D eigenvalue weighted by Gasteiger charge is 2.21. The number of aryl methyl sites for hydroxylation is 1. The zero-order valence-electron chi connectivity index (χ0n) is 14.4. The lowest BCUT2D eigenvalue weighted by Crippen LogP contribution is -2.33. The third-order valence-corrected chi connectivity index (χ3v) is 3.91. The molecule has 0 bridgehead atoms. The molecule has 0 unspecified atom stereocenters. The Balaban J connectivity index is 2.30. The van der Waals surface area contributed by atoms with Crippen LogP contribution in [0.25, 0.3) is 0 Å². The Morgan fingerprint density at radius 1 is 1.00 bits per heavy atom. The van der Waals surface area contributed by atoms with Gasteiger partial charge in [-0.1, -0.05) is 36.4 Å². The summed E-state index contributed by atoms with van der Waals surface area (Å²) < 4.78 is 5.10. The fourth-order valence-electron chi connectivity index (χ4n) is 2.64. The molecule has 4 nitrogen and oxygen atoms in total. The number of benzene rings is 2. The Morgan fingerprint density at radius 2 is 1.67 bits per heavy atom. The lowest BCUT2D eigenvalue weighted by atomic mass is 10.0. The summed E-state index contributed by atoms with van der Waals surface area (Å²) in [7, 11) is 0. The van der Waals surface area contributed by atoms with Gasteiger partial charge in [0.15, 0.2) is 0 Å². The first-order valence-corrected chi connectivity index (χ1v) is 8.19. The average Bonchev–Trinajstić information content (AvgIpc) is 2.58. The minimum atomic E-state index is -0.407. The molecule has 4 heteroatoms. The number of para-hydroxylation sites is 1. The summed E-state index contributed by atoms with van der Waals surface area (Å²) in [5.74, 6) is -0.446. The highest BCUT2D eigenvalue weighted by atomic mass is 16.5. The van der Waals surface area contributed by atoms with Gasteiger partial charge in [-0.15, -0.1) is 0 Å². The Hall–Kier alpha value is -2.62. The minimum absolute atomic E-state index is 0.0384. The topological polar surface area (TPSA) is 46.6 Å². The lowest BCUT2D eigenvalue weighted by molar-refractivity contribution is -0.117. The van der Waals surface area contributed by atoms with Gasteiger partial charge in [0, 0.05) is 6.54 Å². The van der Waals surface area contributed by atoms with Crippen LogP contribution < -0.4 is 4.90 Å². The van der Waals surface area contributed by atoms with Crippen LogP contribution in [0.5, 0.6) is 0 Å². The first-order chi connectivity index (χ1) is 11.6. The van der Waals surface area contributed by atoms with Crippen LogP contribution in [0.2, 0.25) is 0 Å². The van der Waals surface area contributed by atoms with E-state index >= 15 is 0 Å². The van der Waals surface area contributed by atoms with Crippen molar-refractivity contribution < 1.29 is 14.3 Å². The van der Waals surface area contributed by atoms with Crippen LogP contribution in [-0.2, 0) is 16.0 Å². The molecule has 0 fully saturated rings. The third-order valence-electron chi connectivity index (χ3n) is 3.91. The van der Waals surface area contributed by atoms with Crippen molar-refractivity contribution >= 4 is 17.6 Å². The first-order valence-electron chi connectivity index (χ1n) is 8.19. The predicted molar refractivity (Wildman–Crippen MR) is 95.3 cm³/mol. The minimum Gasteiger partial charge on any atom is -0.462 e. The van der Waals surface area contributed by atoms with Crippen LogP contribution in [0.15, 0.2) is 48.5 Å². The summed E-state index contributed by atoms with van der Waals surface area (Å²) in [4.78, 5) is 26.6. The molecule has 2 rings (SSSR count). The standard InChI is InChI=1S/C20H23NO3/c1-4-21(19(22)14-16-11-7-6-10-15(16)3)18-13-9-8-12-17(18)20(23)24-5-2/h6-13H,4-5,14H2,1-3H3. The summed E-state index contributed by atoms with van der Waals surface area (Å²) in [5.41, 5.74) is 3.09. The van der Waals surface area contributed by atoms with Crippen molar-refractivity contribution in [3.63, 3.8) is 0 Å². The van der Waals surface area contributed by atoms with Gasteiger partial charge in [0.1, 0.15) is 0 Å². The summed E-state index contributed by atoms with van der Waals surface area (Å²) in [5, 5.41) is 0. The number of nitrogens with zero attached hydrogens (tertiary/aromatic N) is 1. The second-order valence-corrected chi connectivity index (χ2v) is 5.48. The second-order valence-electron chi connectivity index (χ2n) is 5.48. The number of ether oxygens (including phenoxy) is 1. The van der Waals surface area contributed by atoms with Crippen molar-refractivity contribution in [3.05, 3.63) is 65.2 Å². The largest absolute Gasteiger partial charge is 0.462 e. The number of amides is 1. The van der Waals surface area contributed by atoms with Gasteiger partial charge in [0.05, 0.1) is 24.3 Å². The van der Waals surface area contributed by atoms with Crippen molar-refractivity contribution in [2.75, 3.05) is 18.1 Å². The molecule has 2 aromatic carbocycles. The highest BCUT2D eigenvalue weighted by molar-refractivity contribution is 6.03. The summed E-state index contributed by atoms with van der Waals surface area (Å²) >= 11 is 0. The van der Waals surface area contributed by atoms with Crippen LogP contribution >= 0.6 is 0 Å². The molecule has 0 aliphatic carbocycles. The number of carbonyl (C=O) groups is 2. The number of hydrogen-bond donors (Lipinski definition) is 0. The molecule has 0 N–H and O–H groups in total. The normalized spacial score (nSPS) is 10.3. The van der Waals surface area contributed by atoms with E-state index in [0.29, 0.717) is 30.8 Å². The van der Waals surface area contributed by atoms with Crippen LogP contribution in [0, 0.1) is 6.92 Å². The molecule has 0 saturated carbocycles. The molecule has 0 aliphatic rings. The Labute approximate surface area is 143 Å². The van der Waals surface area contributed by atoms with E-state index in [0.717, 1.165) is 11.1 Å². The molecule has 0 atom stereocenters. The number of carbonyl (C=O) groups excluding carboxylic acids is 2. The molecule has 24 heavy (non-hydrogen) atoms. The average molecular weight is 325 g/mol. The quantitative estimate of drug-likeness (QED) is 0.760. The highest BCUT2D eigenvalue weighted by Crippen LogP contribution is 2.22. The van der Waals surface area contributed by atoms with Crippen molar-refractivity contribution in [2.45, 2.75) is 27.2 Å². The van der Waals surface area contributed by atoms with Gasteiger partial charge in [-0.25, -0.2) is 4.79 Å². The molecule has 0 heterocycles. The van der Waals surface area contributed by atoms with Crippen molar-refractivity contribution in [1.29, 1.82) is 0 Å². The predicted octanol–water partition coefficient (Wildman–Crippen LogP) is 3.77. The van der Waals surface area contributed by atoms with Crippen LogP contribution in [-0.4, -0.2) is 25.0 Å². The zero-order chi connectivity index (χ0) is 17.5. The van der Waals surface area contributed by atoms with Crippen LogP contribution in [0.1, 0.15) is 35.3 Å². The van der Waals surface area contributed by atoms with E-state index in [1.807, 2.05) is 44.2 Å². The van der Waals surface area contributed by atoms with Gasteiger partial charge < -0.3 is 9.64 Å². The molecule has 2 aromatic rings. The number of esters is 1. The number of rotatable bonds is 6. The molecule has 1 amide bonds. The van der Waals surface area contributed by atoms with E-state index in [1.54, 1.807) is 30.0 Å². The molecular formula is C20H23NO3. The molecular weight excluding hydrogens is 302 g/mol. The van der Waals surface area contributed by atoms with Crippen LogP contribution in [0.4, 0.5) is 5.69 Å². The molecule has 0 aliphatic heterocycles. The molecule has 0 aromatic heterocycles. The fraction of sp³-hybridized carbons (Fsp3) is 0.300. The SMILES string of the molecule is CCOC(=O)c1ccccc1N(CC)C(=O)Cc1ccccc1C. The van der Waals surface area contributed by atoms with Gasteiger partial charge in [-0.2, -0.15) is 0 Å². The third kappa shape index (κ3) is 4.02. The number of likely N-dealkylation sites (N-methyl/N-ethyl adjacent to an activating group) is 1. The number of anilines is 1. The molecule has 0 spiro atoms. The lowest BCUT2D eigenvalue weighted by Gasteiger charge is -2.23. The Bertz CT molecular complexity index is 724. The maximum Gasteiger partial charge on any atom is 0.340 e. The van der Waals surface area contributed by atoms with Gasteiger partial charge in [-0.3, -0.25) is 4.79 Å². The molecule has 126 valence electrons. The Kier molecular flexibility index (Phi) is 6.13. The van der Waals surface area contributed by atoms with Crippen molar-refractivity contribution in [2.24, 2.45) is 0 Å². The van der Waals surface area contributed by atoms with Crippen molar-refractivity contribution in [3.8, 4) is 0 Å². The van der Waals surface area contributed by atoms with Gasteiger partial charge in [0.25, 0.3) is 0 Å². The van der Waals surface area contributed by atoms with E-state index in [9.17, 15) is 9.59 Å².